The lowest BCUT2D eigenvalue weighted by molar-refractivity contribution is -0.111. The molecule has 25 heavy (non-hydrogen) atoms. The maximum absolute atomic E-state index is 13.0. The molecule has 0 atom stereocenters. The molecule has 7 heteroatoms. The van der Waals surface area contributed by atoms with Gasteiger partial charge in [0.15, 0.2) is 11.5 Å². The van der Waals surface area contributed by atoms with Gasteiger partial charge in [-0.3, -0.25) is 4.79 Å². The molecule has 0 aromatic heterocycles. The molecule has 3 rings (SSSR count). The van der Waals surface area contributed by atoms with Crippen molar-refractivity contribution in [1.29, 1.82) is 0 Å². The smallest absolute Gasteiger partial charge is 0.248 e. The highest BCUT2D eigenvalue weighted by Gasteiger charge is 2.17. The van der Waals surface area contributed by atoms with Gasteiger partial charge in [-0.25, -0.2) is 4.39 Å². The highest BCUT2D eigenvalue weighted by atomic mass is 35.5. The average molecular weight is 364 g/mol. The lowest BCUT2D eigenvalue weighted by atomic mass is 10.1. The summed E-state index contributed by atoms with van der Waals surface area (Å²) in [5.74, 6) is 0.767. The fourth-order valence-corrected chi connectivity index (χ4v) is 2.54. The number of anilines is 1. The summed E-state index contributed by atoms with van der Waals surface area (Å²) in [6, 6.07) is 7.24. The molecular formula is C18H15ClFNO4. The Hall–Kier alpha value is -2.73. The van der Waals surface area contributed by atoms with Gasteiger partial charge >= 0.3 is 0 Å². The van der Waals surface area contributed by atoms with Gasteiger partial charge in [0.2, 0.25) is 11.7 Å². The number of nitrogens with one attached hydrogen (secondary N) is 1. The second-order valence-electron chi connectivity index (χ2n) is 5.19. The predicted molar refractivity (Wildman–Crippen MR) is 93.1 cm³/mol. The first-order valence-electron chi connectivity index (χ1n) is 7.48. The first-order valence-corrected chi connectivity index (χ1v) is 7.86. The monoisotopic (exact) mass is 363 g/mol. The maximum Gasteiger partial charge on any atom is 0.248 e. The van der Waals surface area contributed by atoms with Gasteiger partial charge in [0.1, 0.15) is 19.0 Å². The number of amides is 1. The molecule has 0 unspecified atom stereocenters. The molecular weight excluding hydrogens is 349 g/mol. The average Bonchev–Trinajstić information content (AvgIpc) is 2.61. The molecule has 1 aliphatic rings. The summed E-state index contributed by atoms with van der Waals surface area (Å²) in [5, 5.41) is 2.71. The summed E-state index contributed by atoms with van der Waals surface area (Å²) in [6.07, 6.45) is 2.94. The van der Waals surface area contributed by atoms with E-state index >= 15 is 0 Å². The highest BCUT2D eigenvalue weighted by Crippen LogP contribution is 2.40. The van der Waals surface area contributed by atoms with Crippen molar-refractivity contribution in [2.75, 3.05) is 25.6 Å². The number of carbonyl (C=O) groups excluding carboxylic acids is 1. The number of methoxy groups -OCH3 is 1. The number of hydrogen-bond donors (Lipinski definition) is 1. The topological polar surface area (TPSA) is 56.8 Å². The molecule has 1 heterocycles. The van der Waals surface area contributed by atoms with Crippen LogP contribution in [0.1, 0.15) is 5.56 Å². The fourth-order valence-electron chi connectivity index (χ4n) is 2.33. The molecule has 0 radical (unpaired) electrons. The Morgan fingerprint density at radius 3 is 2.84 bits per heavy atom. The molecule has 0 bridgehead atoms. The van der Waals surface area contributed by atoms with Gasteiger partial charge in [-0.05, 0) is 42.0 Å². The minimum Gasteiger partial charge on any atom is -0.493 e. The minimum atomic E-state index is -0.470. The minimum absolute atomic E-state index is 0.128. The Labute approximate surface area is 149 Å². The maximum atomic E-state index is 13.0. The van der Waals surface area contributed by atoms with Crippen LogP contribution in [0.5, 0.6) is 17.2 Å². The largest absolute Gasteiger partial charge is 0.493 e. The number of ether oxygens (including phenoxy) is 3. The SMILES string of the molecule is COc1cc(/C=C/C(=O)Nc2ccc(F)cc2Cl)cc2c1OCCO2. The molecule has 0 spiro atoms. The fraction of sp³-hybridized carbons (Fsp3) is 0.167. The quantitative estimate of drug-likeness (QED) is 0.837. The van der Waals surface area contributed by atoms with Crippen molar-refractivity contribution >= 4 is 29.3 Å². The van der Waals surface area contributed by atoms with E-state index < -0.39 is 11.7 Å². The molecule has 2 aromatic rings. The van der Waals surface area contributed by atoms with Gasteiger partial charge in [0.25, 0.3) is 0 Å². The molecule has 130 valence electrons. The molecule has 0 aliphatic carbocycles. The number of benzene rings is 2. The first kappa shape index (κ1) is 17.1. The van der Waals surface area contributed by atoms with Crippen molar-refractivity contribution < 1.29 is 23.4 Å². The van der Waals surface area contributed by atoms with Crippen LogP contribution in [0.3, 0.4) is 0 Å². The van der Waals surface area contributed by atoms with Crippen molar-refractivity contribution in [3.63, 3.8) is 0 Å². The van der Waals surface area contributed by atoms with Crippen LogP contribution in [0, 0.1) is 5.82 Å². The van der Waals surface area contributed by atoms with Gasteiger partial charge in [-0.1, -0.05) is 11.6 Å². The van der Waals surface area contributed by atoms with E-state index in [-0.39, 0.29) is 5.02 Å². The van der Waals surface area contributed by atoms with Crippen LogP contribution in [0.4, 0.5) is 10.1 Å². The third-order valence-corrected chi connectivity index (χ3v) is 3.78. The summed E-state index contributed by atoms with van der Waals surface area (Å²) in [7, 11) is 1.53. The second kappa shape index (κ2) is 7.44. The third-order valence-electron chi connectivity index (χ3n) is 3.47. The Morgan fingerprint density at radius 1 is 1.28 bits per heavy atom. The van der Waals surface area contributed by atoms with Crippen molar-refractivity contribution in [2.45, 2.75) is 0 Å². The molecule has 0 fully saturated rings. The van der Waals surface area contributed by atoms with Crippen molar-refractivity contribution in [3.05, 3.63) is 52.8 Å². The van der Waals surface area contributed by atoms with E-state index in [1.165, 1.54) is 25.3 Å². The van der Waals surface area contributed by atoms with E-state index in [1.54, 1.807) is 18.2 Å². The van der Waals surface area contributed by atoms with Crippen LogP contribution in [-0.4, -0.2) is 26.2 Å². The van der Waals surface area contributed by atoms with Crippen LogP contribution in [0.2, 0.25) is 5.02 Å². The number of rotatable bonds is 4. The molecule has 0 saturated carbocycles. The van der Waals surface area contributed by atoms with Gasteiger partial charge in [-0.15, -0.1) is 0 Å². The van der Waals surface area contributed by atoms with E-state index in [0.717, 1.165) is 6.07 Å². The molecule has 5 nitrogen and oxygen atoms in total. The number of fused-ring (bicyclic) bond motifs is 1. The van der Waals surface area contributed by atoms with Crippen molar-refractivity contribution in [2.24, 2.45) is 0 Å². The zero-order valence-electron chi connectivity index (χ0n) is 13.3. The van der Waals surface area contributed by atoms with Crippen molar-refractivity contribution in [3.8, 4) is 17.2 Å². The lowest BCUT2D eigenvalue weighted by Gasteiger charge is -2.20. The summed E-state index contributed by atoms with van der Waals surface area (Å²) in [6.45, 7) is 0.909. The van der Waals surface area contributed by atoms with Gasteiger partial charge in [0.05, 0.1) is 17.8 Å². The van der Waals surface area contributed by atoms with Crippen LogP contribution in [0.25, 0.3) is 6.08 Å². The van der Waals surface area contributed by atoms with Gasteiger partial charge in [-0.2, -0.15) is 0 Å². The van der Waals surface area contributed by atoms with Crippen LogP contribution in [-0.2, 0) is 4.79 Å². The number of halogens is 2. The number of hydrogen-bond acceptors (Lipinski definition) is 4. The normalized spacial score (nSPS) is 12.9. The summed E-state index contributed by atoms with van der Waals surface area (Å²) in [4.78, 5) is 12.0. The van der Waals surface area contributed by atoms with E-state index in [0.29, 0.717) is 41.7 Å². The van der Waals surface area contributed by atoms with Crippen molar-refractivity contribution in [1.82, 2.24) is 0 Å². The molecule has 1 amide bonds. The molecule has 0 saturated heterocycles. The summed E-state index contributed by atoms with van der Waals surface area (Å²) >= 11 is 5.88. The number of carbonyl (C=O) groups is 1. The Kier molecular flexibility index (Phi) is 5.09. The van der Waals surface area contributed by atoms with E-state index in [1.807, 2.05) is 0 Å². The van der Waals surface area contributed by atoms with Crippen LogP contribution in [0.15, 0.2) is 36.4 Å². The standard InChI is InChI=1S/C18H15ClFNO4/c1-23-15-8-11(9-16-18(15)25-7-6-24-16)2-5-17(22)21-14-4-3-12(20)10-13(14)19/h2-5,8-10H,6-7H2,1H3,(H,21,22)/b5-2+. The van der Waals surface area contributed by atoms with Gasteiger partial charge < -0.3 is 19.5 Å². The van der Waals surface area contributed by atoms with E-state index in [4.69, 9.17) is 25.8 Å². The van der Waals surface area contributed by atoms with E-state index in [2.05, 4.69) is 5.32 Å². The van der Waals surface area contributed by atoms with Gasteiger partial charge in [0, 0.05) is 6.08 Å². The zero-order valence-corrected chi connectivity index (χ0v) is 14.1. The highest BCUT2D eigenvalue weighted by molar-refractivity contribution is 6.33. The Balaban J connectivity index is 1.76. The van der Waals surface area contributed by atoms with Crippen LogP contribution < -0.4 is 19.5 Å². The second-order valence-corrected chi connectivity index (χ2v) is 5.60. The van der Waals surface area contributed by atoms with Crippen LogP contribution >= 0.6 is 11.6 Å². The third kappa shape index (κ3) is 4.03. The zero-order chi connectivity index (χ0) is 17.8. The Bertz CT molecular complexity index is 821. The predicted octanol–water partition coefficient (Wildman–Crippen LogP) is 3.91. The molecule has 1 aliphatic heterocycles. The van der Waals surface area contributed by atoms with E-state index in [9.17, 15) is 9.18 Å². The molecule has 2 aromatic carbocycles. The lowest BCUT2D eigenvalue weighted by Crippen LogP contribution is -2.16. The Morgan fingerprint density at radius 2 is 2.08 bits per heavy atom. The first-order chi connectivity index (χ1) is 12.1. The molecule has 1 N–H and O–H groups in total. The summed E-state index contributed by atoms with van der Waals surface area (Å²) < 4.78 is 29.4. The summed E-state index contributed by atoms with van der Waals surface area (Å²) in [5.41, 5.74) is 1.04.